The summed E-state index contributed by atoms with van der Waals surface area (Å²) in [7, 11) is 0. The molecule has 0 aliphatic heterocycles. The van der Waals surface area contributed by atoms with Gasteiger partial charge in [-0.15, -0.1) is 0 Å². The molecule has 0 heterocycles. The molecule has 0 amide bonds. The van der Waals surface area contributed by atoms with E-state index in [9.17, 15) is 4.79 Å². The van der Waals surface area contributed by atoms with E-state index in [1.807, 2.05) is 27.7 Å². The van der Waals surface area contributed by atoms with Crippen LogP contribution in [-0.4, -0.2) is 5.78 Å². The second-order valence-corrected chi connectivity index (χ2v) is 6.87. The van der Waals surface area contributed by atoms with Crippen LogP contribution in [0.5, 0.6) is 0 Å². The van der Waals surface area contributed by atoms with Crippen molar-refractivity contribution in [2.24, 2.45) is 17.8 Å². The van der Waals surface area contributed by atoms with E-state index in [4.69, 9.17) is 0 Å². The number of hydrogen-bond acceptors (Lipinski definition) is 1. The zero-order valence-corrected chi connectivity index (χ0v) is 18.0. The van der Waals surface area contributed by atoms with Gasteiger partial charge in [-0.3, -0.25) is 4.79 Å². The molecule has 0 radical (unpaired) electrons. The first-order valence-corrected chi connectivity index (χ1v) is 10.5. The van der Waals surface area contributed by atoms with E-state index in [1.54, 1.807) is 0 Å². The van der Waals surface area contributed by atoms with Gasteiger partial charge in [0.15, 0.2) is 0 Å². The number of rotatable bonds is 5. The Bertz CT molecular complexity index is 208. The van der Waals surface area contributed by atoms with Crippen molar-refractivity contribution < 1.29 is 4.79 Å². The Morgan fingerprint density at radius 1 is 0.826 bits per heavy atom. The maximum atomic E-state index is 11.6. The summed E-state index contributed by atoms with van der Waals surface area (Å²) in [4.78, 5) is 11.6. The Morgan fingerprint density at radius 2 is 1.22 bits per heavy atom. The van der Waals surface area contributed by atoms with Crippen LogP contribution >= 0.6 is 0 Å². The van der Waals surface area contributed by atoms with Crippen LogP contribution < -0.4 is 0 Å². The van der Waals surface area contributed by atoms with Gasteiger partial charge in [-0.1, -0.05) is 107 Å². The third-order valence-corrected chi connectivity index (χ3v) is 4.19. The standard InChI is InChI=1S/C11H20O.C5H12.C4H10.C2H6/c1-8(2)11(12)10-6-4-9(3)5-7-10;1-3-5-4-2;1-3-4-2;1-2/h8-10H,4-7H2,1-3H3;3-5H2,1-2H3;3-4H2,1-2H3;1-2H3. The monoisotopic (exact) mass is 328 g/mol. The predicted octanol–water partition coefficient (Wildman–Crippen LogP) is 8.07. The van der Waals surface area contributed by atoms with Crippen molar-refractivity contribution in [2.75, 3.05) is 0 Å². The van der Waals surface area contributed by atoms with E-state index in [-0.39, 0.29) is 5.92 Å². The average Bonchev–Trinajstić information content (AvgIpc) is 2.58. The lowest BCUT2D eigenvalue weighted by atomic mass is 9.78. The number of carbonyl (C=O) groups excluding carboxylic acids is 1. The minimum absolute atomic E-state index is 0.239. The van der Waals surface area contributed by atoms with Gasteiger partial charge in [0, 0.05) is 11.8 Å². The summed E-state index contributed by atoms with van der Waals surface area (Å²) >= 11 is 0. The van der Waals surface area contributed by atoms with E-state index in [2.05, 4.69) is 34.6 Å². The molecule has 0 aromatic heterocycles. The molecule has 0 saturated heterocycles. The SMILES string of the molecule is CC.CC1CCC(C(=O)C(C)C)CC1.CCCC.CCCCC. The molecule has 0 unspecified atom stereocenters. The van der Waals surface area contributed by atoms with Gasteiger partial charge in [0.2, 0.25) is 0 Å². The fraction of sp³-hybridized carbons (Fsp3) is 0.955. The Morgan fingerprint density at radius 3 is 1.43 bits per heavy atom. The minimum atomic E-state index is 0.239. The van der Waals surface area contributed by atoms with E-state index in [1.165, 1.54) is 44.9 Å². The smallest absolute Gasteiger partial charge is 0.138 e. The molecule has 1 heteroatoms. The van der Waals surface area contributed by atoms with Crippen molar-refractivity contribution in [2.45, 2.75) is 120 Å². The highest BCUT2D eigenvalue weighted by molar-refractivity contribution is 5.82. The van der Waals surface area contributed by atoms with E-state index in [0.29, 0.717) is 11.7 Å². The number of unbranched alkanes of at least 4 members (excludes halogenated alkanes) is 3. The van der Waals surface area contributed by atoms with Crippen LogP contribution in [0.15, 0.2) is 0 Å². The van der Waals surface area contributed by atoms with E-state index in [0.717, 1.165) is 18.8 Å². The summed E-state index contributed by atoms with van der Waals surface area (Å²) in [6, 6.07) is 0. The Kier molecular flexibility index (Phi) is 25.9. The number of carbonyl (C=O) groups is 1. The molecule has 0 aromatic rings. The normalized spacial score (nSPS) is 19.4. The molecule has 1 nitrogen and oxygen atoms in total. The van der Waals surface area contributed by atoms with Crippen molar-refractivity contribution in [1.29, 1.82) is 0 Å². The summed E-state index contributed by atoms with van der Waals surface area (Å²) in [5.41, 5.74) is 0. The molecule has 1 aliphatic rings. The lowest BCUT2D eigenvalue weighted by molar-refractivity contribution is -0.127. The largest absolute Gasteiger partial charge is 0.299 e. The lowest BCUT2D eigenvalue weighted by Gasteiger charge is -2.26. The molecule has 0 N–H and O–H groups in total. The zero-order chi connectivity index (χ0) is 18.7. The first kappa shape index (κ1) is 27.5. The van der Waals surface area contributed by atoms with Crippen LogP contribution in [0.2, 0.25) is 0 Å². The second-order valence-electron chi connectivity index (χ2n) is 6.87. The van der Waals surface area contributed by atoms with Gasteiger partial charge in [0.25, 0.3) is 0 Å². The second kappa shape index (κ2) is 21.7. The van der Waals surface area contributed by atoms with Gasteiger partial charge in [0.05, 0.1) is 0 Å². The quantitative estimate of drug-likeness (QED) is 0.498. The Balaban J connectivity index is -0.000000304. The molecular weight excluding hydrogens is 280 g/mol. The highest BCUT2D eigenvalue weighted by Crippen LogP contribution is 2.30. The minimum Gasteiger partial charge on any atom is -0.299 e. The van der Waals surface area contributed by atoms with Crippen molar-refractivity contribution in [3.8, 4) is 0 Å². The van der Waals surface area contributed by atoms with Crippen LogP contribution in [0.1, 0.15) is 120 Å². The van der Waals surface area contributed by atoms with Gasteiger partial charge < -0.3 is 0 Å². The van der Waals surface area contributed by atoms with Crippen molar-refractivity contribution in [3.05, 3.63) is 0 Å². The first-order chi connectivity index (χ1) is 10.9. The van der Waals surface area contributed by atoms with Crippen LogP contribution in [0.4, 0.5) is 0 Å². The van der Waals surface area contributed by atoms with Crippen LogP contribution in [0, 0.1) is 17.8 Å². The molecule has 1 rings (SSSR count). The molecule has 1 fully saturated rings. The molecule has 142 valence electrons. The summed E-state index contributed by atoms with van der Waals surface area (Å²) in [5.74, 6) is 1.97. The fourth-order valence-electron chi connectivity index (χ4n) is 2.37. The number of hydrogen-bond donors (Lipinski definition) is 0. The molecule has 0 atom stereocenters. The third-order valence-electron chi connectivity index (χ3n) is 4.19. The molecule has 23 heavy (non-hydrogen) atoms. The van der Waals surface area contributed by atoms with Gasteiger partial charge in [-0.25, -0.2) is 0 Å². The maximum Gasteiger partial charge on any atom is 0.138 e. The van der Waals surface area contributed by atoms with Crippen LogP contribution in [0.25, 0.3) is 0 Å². The van der Waals surface area contributed by atoms with Gasteiger partial charge in [-0.05, 0) is 18.8 Å². The zero-order valence-electron chi connectivity index (χ0n) is 18.0. The highest BCUT2D eigenvalue weighted by atomic mass is 16.1. The molecule has 1 aliphatic carbocycles. The molecule has 0 bridgehead atoms. The van der Waals surface area contributed by atoms with Gasteiger partial charge >= 0.3 is 0 Å². The lowest BCUT2D eigenvalue weighted by Crippen LogP contribution is -2.24. The summed E-state index contributed by atoms with van der Waals surface area (Å²) < 4.78 is 0. The van der Waals surface area contributed by atoms with E-state index < -0.39 is 0 Å². The summed E-state index contributed by atoms with van der Waals surface area (Å²) in [6.45, 7) is 19.1. The van der Waals surface area contributed by atoms with Crippen LogP contribution in [-0.2, 0) is 4.79 Å². The fourth-order valence-corrected chi connectivity index (χ4v) is 2.37. The van der Waals surface area contributed by atoms with Crippen LogP contribution in [0.3, 0.4) is 0 Å². The highest BCUT2D eigenvalue weighted by Gasteiger charge is 2.25. The predicted molar refractivity (Wildman–Crippen MR) is 108 cm³/mol. The average molecular weight is 329 g/mol. The van der Waals surface area contributed by atoms with Gasteiger partial charge in [0.1, 0.15) is 5.78 Å². The number of Topliss-reactive ketones (excluding diaryl/α,β-unsaturated/α-hetero) is 1. The maximum absolute atomic E-state index is 11.6. The van der Waals surface area contributed by atoms with Crippen molar-refractivity contribution in [1.82, 2.24) is 0 Å². The van der Waals surface area contributed by atoms with Crippen molar-refractivity contribution >= 4 is 5.78 Å². The molecule has 0 spiro atoms. The van der Waals surface area contributed by atoms with Gasteiger partial charge in [-0.2, -0.15) is 0 Å². The molecular formula is C22H48O. The number of ketones is 1. The Hall–Kier alpha value is -0.330. The summed E-state index contributed by atoms with van der Waals surface area (Å²) in [5, 5.41) is 0. The van der Waals surface area contributed by atoms with E-state index >= 15 is 0 Å². The Labute approximate surface area is 149 Å². The third kappa shape index (κ3) is 19.6. The molecule has 1 saturated carbocycles. The molecule has 0 aromatic carbocycles. The topological polar surface area (TPSA) is 17.1 Å². The summed E-state index contributed by atoms with van der Waals surface area (Å²) in [6.07, 6.45) is 11.5. The van der Waals surface area contributed by atoms with Crippen molar-refractivity contribution in [3.63, 3.8) is 0 Å². The first-order valence-electron chi connectivity index (χ1n) is 10.5.